The number of hydrogen-bond acceptors (Lipinski definition) is 5. The molecule has 0 radical (unpaired) electrons. The third-order valence-electron chi connectivity index (χ3n) is 3.94. The number of hydrogen-bond donors (Lipinski definition) is 1. The molecule has 1 heterocycles. The molecule has 1 aromatic heterocycles. The second-order valence-electron chi connectivity index (χ2n) is 5.76. The van der Waals surface area contributed by atoms with Crippen LogP contribution in [0.5, 0.6) is 0 Å². The van der Waals surface area contributed by atoms with Gasteiger partial charge in [-0.05, 0) is 29.8 Å². The van der Waals surface area contributed by atoms with Crippen LogP contribution in [0.4, 0.5) is 19.0 Å². The van der Waals surface area contributed by atoms with Gasteiger partial charge in [-0.3, -0.25) is 0 Å². The van der Waals surface area contributed by atoms with Gasteiger partial charge in [0.15, 0.2) is 0 Å². The maximum absolute atomic E-state index is 13.0. The van der Waals surface area contributed by atoms with Gasteiger partial charge in [-0.2, -0.15) is 23.7 Å². The Morgan fingerprint density at radius 1 is 1.00 bits per heavy atom. The van der Waals surface area contributed by atoms with Gasteiger partial charge in [0.2, 0.25) is 0 Å². The molecule has 29 heavy (non-hydrogen) atoms. The SMILES string of the molecule is N#Cc1c(N)nc(Sc2ccccc2)c(C#N)c1-c1ccc(C(F)(F)F)c(Cl)c1. The first-order valence-electron chi connectivity index (χ1n) is 8.00. The minimum absolute atomic E-state index is 0.0282. The van der Waals surface area contributed by atoms with Crippen LogP contribution in [-0.2, 0) is 6.18 Å². The fourth-order valence-electron chi connectivity index (χ4n) is 2.66. The molecule has 0 aliphatic heterocycles. The molecule has 0 atom stereocenters. The molecule has 0 amide bonds. The standard InChI is InChI=1S/C20H10ClF3N4S/c21-16-8-11(6-7-15(16)20(22,23)24)17-13(9-25)18(27)28-19(14(17)10-26)29-12-4-2-1-3-5-12/h1-8H,(H2,27,28). The topological polar surface area (TPSA) is 86.5 Å². The van der Waals surface area contributed by atoms with E-state index >= 15 is 0 Å². The van der Waals surface area contributed by atoms with Crippen LogP contribution in [0.2, 0.25) is 5.02 Å². The van der Waals surface area contributed by atoms with Gasteiger partial charge in [0.25, 0.3) is 0 Å². The van der Waals surface area contributed by atoms with Crippen LogP contribution >= 0.6 is 23.4 Å². The van der Waals surface area contributed by atoms with Gasteiger partial charge in [-0.25, -0.2) is 4.98 Å². The number of nitrogen functional groups attached to an aromatic ring is 1. The average molecular weight is 431 g/mol. The highest BCUT2D eigenvalue weighted by molar-refractivity contribution is 7.99. The maximum atomic E-state index is 13.0. The van der Waals surface area contributed by atoms with E-state index in [1.54, 1.807) is 24.3 Å². The van der Waals surface area contributed by atoms with Gasteiger partial charge < -0.3 is 5.73 Å². The summed E-state index contributed by atoms with van der Waals surface area (Å²) in [5, 5.41) is 18.9. The molecular formula is C20H10ClF3N4S. The highest BCUT2D eigenvalue weighted by Gasteiger charge is 2.33. The first kappa shape index (κ1) is 20.5. The molecule has 0 aliphatic rings. The van der Waals surface area contributed by atoms with Crippen LogP contribution < -0.4 is 5.73 Å². The Balaban J connectivity index is 2.24. The van der Waals surface area contributed by atoms with Crippen LogP contribution in [-0.4, -0.2) is 4.98 Å². The number of benzene rings is 2. The molecule has 144 valence electrons. The van der Waals surface area contributed by atoms with Crippen LogP contribution in [0.15, 0.2) is 58.5 Å². The normalized spacial score (nSPS) is 11.0. The number of nitriles is 2. The molecule has 2 aromatic carbocycles. The van der Waals surface area contributed by atoms with E-state index in [4.69, 9.17) is 17.3 Å². The van der Waals surface area contributed by atoms with Crippen molar-refractivity contribution in [1.82, 2.24) is 4.98 Å². The van der Waals surface area contributed by atoms with Gasteiger partial charge >= 0.3 is 6.18 Å². The lowest BCUT2D eigenvalue weighted by Crippen LogP contribution is -2.07. The zero-order chi connectivity index (χ0) is 21.2. The number of pyridine rings is 1. The lowest BCUT2D eigenvalue weighted by atomic mass is 9.96. The molecule has 0 unspecified atom stereocenters. The Hall–Kier alpha value is -3.20. The lowest BCUT2D eigenvalue weighted by Gasteiger charge is -2.15. The van der Waals surface area contributed by atoms with E-state index in [0.717, 1.165) is 34.9 Å². The second-order valence-corrected chi connectivity index (χ2v) is 7.23. The summed E-state index contributed by atoms with van der Waals surface area (Å²) in [6.07, 6.45) is -4.63. The summed E-state index contributed by atoms with van der Waals surface area (Å²) in [5.41, 5.74) is 5.09. The Morgan fingerprint density at radius 2 is 1.66 bits per heavy atom. The summed E-state index contributed by atoms with van der Waals surface area (Å²) in [4.78, 5) is 4.93. The van der Waals surface area contributed by atoms with Crippen molar-refractivity contribution in [2.24, 2.45) is 0 Å². The van der Waals surface area contributed by atoms with E-state index < -0.39 is 16.8 Å². The second kappa shape index (κ2) is 8.04. The van der Waals surface area contributed by atoms with E-state index in [1.807, 2.05) is 18.2 Å². The zero-order valence-corrected chi connectivity index (χ0v) is 16.0. The van der Waals surface area contributed by atoms with Crippen molar-refractivity contribution in [2.75, 3.05) is 5.73 Å². The Bertz CT molecular complexity index is 1170. The third kappa shape index (κ3) is 4.14. The Kier molecular flexibility index (Phi) is 5.69. The van der Waals surface area contributed by atoms with E-state index in [9.17, 15) is 23.7 Å². The number of halogens is 4. The van der Waals surface area contributed by atoms with Crippen LogP contribution in [0.25, 0.3) is 11.1 Å². The fourth-order valence-corrected chi connectivity index (χ4v) is 3.86. The highest BCUT2D eigenvalue weighted by atomic mass is 35.5. The summed E-state index contributed by atoms with van der Waals surface area (Å²) in [6, 6.07) is 15.9. The van der Waals surface area contributed by atoms with Gasteiger partial charge in [0.05, 0.1) is 16.1 Å². The molecule has 0 fully saturated rings. The Morgan fingerprint density at radius 3 is 2.21 bits per heavy atom. The monoisotopic (exact) mass is 430 g/mol. The molecule has 0 saturated carbocycles. The molecule has 0 bridgehead atoms. The lowest BCUT2D eigenvalue weighted by molar-refractivity contribution is -0.137. The van der Waals surface area contributed by atoms with E-state index in [-0.39, 0.29) is 33.1 Å². The molecule has 4 nitrogen and oxygen atoms in total. The fraction of sp³-hybridized carbons (Fsp3) is 0.0500. The van der Waals surface area contributed by atoms with Gasteiger partial charge in [0.1, 0.15) is 28.5 Å². The first-order valence-corrected chi connectivity index (χ1v) is 9.19. The third-order valence-corrected chi connectivity index (χ3v) is 5.25. The zero-order valence-electron chi connectivity index (χ0n) is 14.5. The molecule has 3 aromatic rings. The minimum Gasteiger partial charge on any atom is -0.383 e. The molecule has 0 saturated heterocycles. The van der Waals surface area contributed by atoms with Gasteiger partial charge in [0, 0.05) is 10.5 Å². The molecule has 2 N–H and O–H groups in total. The molecular weight excluding hydrogens is 421 g/mol. The molecule has 9 heteroatoms. The van der Waals surface area contributed by atoms with Crippen LogP contribution in [0.1, 0.15) is 16.7 Å². The smallest absolute Gasteiger partial charge is 0.383 e. The summed E-state index contributed by atoms with van der Waals surface area (Å²) < 4.78 is 39.1. The highest BCUT2D eigenvalue weighted by Crippen LogP contribution is 2.41. The van der Waals surface area contributed by atoms with Crippen molar-refractivity contribution < 1.29 is 13.2 Å². The first-order chi connectivity index (χ1) is 13.8. The van der Waals surface area contributed by atoms with E-state index in [1.165, 1.54) is 0 Å². The van der Waals surface area contributed by atoms with Crippen molar-refractivity contribution in [2.45, 2.75) is 16.1 Å². The predicted octanol–water partition coefficient (Wildman–Crippen LogP) is 5.90. The predicted molar refractivity (Wildman–Crippen MR) is 104 cm³/mol. The van der Waals surface area contributed by atoms with Crippen LogP contribution in [0.3, 0.4) is 0 Å². The van der Waals surface area contributed by atoms with Crippen molar-refractivity contribution in [3.05, 3.63) is 70.2 Å². The van der Waals surface area contributed by atoms with E-state index in [0.29, 0.717) is 0 Å². The maximum Gasteiger partial charge on any atom is 0.417 e. The Labute approximate surface area is 173 Å². The minimum atomic E-state index is -4.63. The average Bonchev–Trinajstić information content (AvgIpc) is 2.67. The van der Waals surface area contributed by atoms with Crippen LogP contribution in [0, 0.1) is 22.7 Å². The number of aromatic nitrogens is 1. The summed E-state index contributed by atoms with van der Waals surface area (Å²) in [6.45, 7) is 0. The number of nitrogens with two attached hydrogens (primary N) is 1. The molecule has 0 aliphatic carbocycles. The summed E-state index contributed by atoms with van der Waals surface area (Å²) in [5.74, 6) is -0.129. The number of nitrogens with zero attached hydrogens (tertiary/aromatic N) is 3. The molecule has 3 rings (SSSR count). The van der Waals surface area contributed by atoms with Crippen molar-refractivity contribution in [3.8, 4) is 23.3 Å². The largest absolute Gasteiger partial charge is 0.417 e. The van der Waals surface area contributed by atoms with Gasteiger partial charge in [-0.15, -0.1) is 0 Å². The number of rotatable bonds is 3. The quantitative estimate of drug-likeness (QED) is 0.559. The number of anilines is 1. The van der Waals surface area contributed by atoms with Crippen molar-refractivity contribution >= 4 is 29.2 Å². The summed E-state index contributed by atoms with van der Waals surface area (Å²) in [7, 11) is 0. The summed E-state index contributed by atoms with van der Waals surface area (Å²) >= 11 is 6.98. The number of alkyl halides is 3. The van der Waals surface area contributed by atoms with Crippen molar-refractivity contribution in [3.63, 3.8) is 0 Å². The molecule has 0 spiro atoms. The van der Waals surface area contributed by atoms with Crippen molar-refractivity contribution in [1.29, 1.82) is 10.5 Å². The van der Waals surface area contributed by atoms with Gasteiger partial charge in [-0.1, -0.05) is 47.6 Å². The van der Waals surface area contributed by atoms with E-state index in [2.05, 4.69) is 4.98 Å².